The van der Waals surface area contributed by atoms with E-state index in [0.29, 0.717) is 16.0 Å². The lowest BCUT2D eigenvalue weighted by molar-refractivity contribution is -0.117. The summed E-state index contributed by atoms with van der Waals surface area (Å²) in [5.41, 5.74) is 0.182. The molecule has 0 spiro atoms. The Labute approximate surface area is 195 Å². The minimum Gasteiger partial charge on any atom is -0.508 e. The number of aliphatic hydroxyl groups excluding tert-OH is 1. The second-order valence-electron chi connectivity index (χ2n) is 7.66. The lowest BCUT2D eigenvalue weighted by Crippen LogP contribution is -2.31. The van der Waals surface area contributed by atoms with Crippen LogP contribution in [0.15, 0.2) is 82.5 Å². The average Bonchev–Trinajstić information content (AvgIpc) is 3.34. The third-order valence-corrected chi connectivity index (χ3v) is 5.76. The number of phenolic OH excluding ortho intramolecular Hbond substituents is 1. The Morgan fingerprint density at radius 1 is 0.971 bits per heavy atom. The zero-order valence-corrected chi connectivity index (χ0v) is 17.9. The van der Waals surface area contributed by atoms with Crippen LogP contribution in [0.2, 0.25) is 5.02 Å². The van der Waals surface area contributed by atoms with E-state index < -0.39 is 35.1 Å². The van der Waals surface area contributed by atoms with E-state index in [-0.39, 0.29) is 28.3 Å². The molecule has 9 heteroatoms. The first kappa shape index (κ1) is 21.7. The van der Waals surface area contributed by atoms with Crippen molar-refractivity contribution in [2.24, 2.45) is 0 Å². The molecule has 1 aromatic heterocycles. The molecule has 0 radical (unpaired) electrons. The van der Waals surface area contributed by atoms with Crippen LogP contribution in [-0.2, 0) is 4.79 Å². The first-order chi connectivity index (χ1) is 16.2. The predicted molar refractivity (Wildman–Crippen MR) is 120 cm³/mol. The van der Waals surface area contributed by atoms with Crippen LogP contribution in [0.5, 0.6) is 5.75 Å². The normalized spacial score (nSPS) is 16.0. The van der Waals surface area contributed by atoms with Gasteiger partial charge in [-0.15, -0.1) is 0 Å². The number of fused-ring (bicyclic) bond motifs is 1. The van der Waals surface area contributed by atoms with Gasteiger partial charge in [0.1, 0.15) is 11.3 Å². The number of aliphatic hydroxyl groups is 1. The Kier molecular flexibility index (Phi) is 5.10. The fourth-order valence-corrected chi connectivity index (χ4v) is 4.19. The molecule has 1 amide bonds. The number of halogens is 3. The topological polar surface area (TPSA) is 91.0 Å². The number of furan rings is 1. The third-order valence-electron chi connectivity index (χ3n) is 5.52. The molecule has 0 saturated heterocycles. The van der Waals surface area contributed by atoms with Crippen molar-refractivity contribution in [3.8, 4) is 5.75 Å². The van der Waals surface area contributed by atoms with Crippen molar-refractivity contribution >= 4 is 39.9 Å². The molecule has 3 aromatic carbocycles. The van der Waals surface area contributed by atoms with Gasteiger partial charge in [0.25, 0.3) is 5.91 Å². The monoisotopic (exact) mass is 481 g/mol. The van der Waals surface area contributed by atoms with Gasteiger partial charge in [-0.2, -0.15) is 0 Å². The number of carbonyl (C=O) groups excluding carboxylic acids is 2. The number of rotatable bonds is 4. The number of amides is 1. The third kappa shape index (κ3) is 3.48. The fourth-order valence-electron chi connectivity index (χ4n) is 4.01. The molecule has 6 nitrogen and oxygen atoms in total. The summed E-state index contributed by atoms with van der Waals surface area (Å²) >= 11 is 6.00. The van der Waals surface area contributed by atoms with E-state index in [9.17, 15) is 28.6 Å². The highest BCUT2D eigenvalue weighted by atomic mass is 35.5. The molecular weight excluding hydrogens is 468 g/mol. The fraction of sp³-hybridized carbons (Fsp3) is 0.0400. The van der Waals surface area contributed by atoms with Gasteiger partial charge in [-0.1, -0.05) is 23.7 Å². The van der Waals surface area contributed by atoms with Gasteiger partial charge in [-0.3, -0.25) is 14.5 Å². The van der Waals surface area contributed by atoms with Crippen molar-refractivity contribution in [3.63, 3.8) is 0 Å². The minimum absolute atomic E-state index is 0.0945. The molecule has 0 saturated carbocycles. The summed E-state index contributed by atoms with van der Waals surface area (Å²) in [6, 6.07) is 13.4. The Hall–Kier alpha value is -4.17. The second kappa shape index (κ2) is 8.00. The average molecular weight is 482 g/mol. The molecule has 1 aliphatic heterocycles. The predicted octanol–water partition coefficient (Wildman–Crippen LogP) is 5.85. The van der Waals surface area contributed by atoms with Gasteiger partial charge in [0.2, 0.25) is 5.78 Å². The quantitative estimate of drug-likeness (QED) is 0.357. The number of benzene rings is 3. The summed E-state index contributed by atoms with van der Waals surface area (Å²) in [4.78, 5) is 27.5. The van der Waals surface area contributed by atoms with Crippen LogP contribution in [0.4, 0.5) is 14.5 Å². The number of aromatic hydroxyl groups is 1. The van der Waals surface area contributed by atoms with Crippen LogP contribution in [0.25, 0.3) is 11.0 Å². The minimum atomic E-state index is -1.26. The van der Waals surface area contributed by atoms with E-state index in [4.69, 9.17) is 16.0 Å². The van der Waals surface area contributed by atoms with Crippen LogP contribution in [0, 0.1) is 11.6 Å². The van der Waals surface area contributed by atoms with E-state index in [2.05, 4.69) is 0 Å². The molecule has 4 aromatic rings. The van der Waals surface area contributed by atoms with Crippen LogP contribution < -0.4 is 4.90 Å². The maximum Gasteiger partial charge on any atom is 0.294 e. The second-order valence-corrected chi connectivity index (χ2v) is 8.09. The highest BCUT2D eigenvalue weighted by Gasteiger charge is 2.45. The summed E-state index contributed by atoms with van der Waals surface area (Å²) < 4.78 is 33.2. The number of anilines is 1. The zero-order chi connectivity index (χ0) is 24.1. The number of ketones is 1. The molecule has 0 aliphatic carbocycles. The highest BCUT2D eigenvalue weighted by Crippen LogP contribution is 2.43. The van der Waals surface area contributed by atoms with Gasteiger partial charge in [-0.25, -0.2) is 8.78 Å². The van der Waals surface area contributed by atoms with Gasteiger partial charge in [0, 0.05) is 22.2 Å². The van der Waals surface area contributed by atoms with Gasteiger partial charge in [0.15, 0.2) is 23.2 Å². The summed E-state index contributed by atoms with van der Waals surface area (Å²) in [5.74, 6) is -5.33. The number of hydrogen-bond donors (Lipinski definition) is 2. The maximum atomic E-state index is 14.0. The highest BCUT2D eigenvalue weighted by molar-refractivity contribution is 6.31. The van der Waals surface area contributed by atoms with Crippen LogP contribution in [0.3, 0.4) is 0 Å². The van der Waals surface area contributed by atoms with Crippen molar-refractivity contribution < 1.29 is 33.0 Å². The van der Waals surface area contributed by atoms with Crippen molar-refractivity contribution in [1.82, 2.24) is 0 Å². The van der Waals surface area contributed by atoms with Gasteiger partial charge in [0.05, 0.1) is 11.6 Å². The number of nitrogens with zero attached hydrogens (tertiary/aromatic N) is 1. The van der Waals surface area contributed by atoms with E-state index in [1.54, 1.807) is 18.2 Å². The Balaban J connectivity index is 1.67. The van der Waals surface area contributed by atoms with Gasteiger partial charge >= 0.3 is 0 Å². The van der Waals surface area contributed by atoms with Gasteiger partial charge < -0.3 is 14.6 Å². The Morgan fingerprint density at radius 2 is 1.76 bits per heavy atom. The molecular formula is C25H14ClF2NO5. The molecule has 0 fully saturated rings. The first-order valence-corrected chi connectivity index (χ1v) is 10.4. The summed E-state index contributed by atoms with van der Waals surface area (Å²) in [5, 5.41) is 21.7. The summed E-state index contributed by atoms with van der Waals surface area (Å²) in [7, 11) is 0. The van der Waals surface area contributed by atoms with Crippen LogP contribution in [0.1, 0.15) is 22.2 Å². The van der Waals surface area contributed by atoms with Crippen molar-refractivity contribution in [3.05, 3.63) is 106 Å². The lowest BCUT2D eigenvalue weighted by atomic mass is 9.94. The lowest BCUT2D eigenvalue weighted by Gasteiger charge is -2.27. The van der Waals surface area contributed by atoms with E-state index in [1.807, 2.05) is 0 Å². The van der Waals surface area contributed by atoms with Crippen molar-refractivity contribution in [2.45, 2.75) is 6.04 Å². The van der Waals surface area contributed by atoms with E-state index >= 15 is 0 Å². The van der Waals surface area contributed by atoms with Crippen molar-refractivity contribution in [1.29, 1.82) is 0 Å². The number of carbonyl (C=O) groups is 2. The molecule has 1 atom stereocenters. The molecule has 170 valence electrons. The number of phenols is 1. The molecule has 34 heavy (non-hydrogen) atoms. The Bertz CT molecular complexity index is 1530. The van der Waals surface area contributed by atoms with Gasteiger partial charge in [-0.05, 0) is 54.1 Å². The summed E-state index contributed by atoms with van der Waals surface area (Å²) in [6.45, 7) is 0. The molecule has 2 heterocycles. The number of Topliss-reactive ketones (excluding diaryl/α,β-unsaturated/α-hetero) is 1. The molecule has 5 rings (SSSR count). The number of hydrogen-bond acceptors (Lipinski definition) is 5. The Morgan fingerprint density at radius 3 is 2.50 bits per heavy atom. The summed E-state index contributed by atoms with van der Waals surface area (Å²) in [6.07, 6.45) is 0. The molecule has 1 aliphatic rings. The first-order valence-electron chi connectivity index (χ1n) is 9.99. The van der Waals surface area contributed by atoms with Crippen molar-refractivity contribution in [2.75, 3.05) is 4.90 Å². The maximum absolute atomic E-state index is 14.0. The van der Waals surface area contributed by atoms with E-state index in [1.165, 1.54) is 30.3 Å². The SMILES string of the molecule is O=C(C1=C(O)C(=O)N(c2ccc(F)c(F)c2)C1c1cccc(O)c1)c1cc2cc(Cl)ccc2o1. The largest absolute Gasteiger partial charge is 0.508 e. The smallest absolute Gasteiger partial charge is 0.294 e. The van der Waals surface area contributed by atoms with E-state index in [0.717, 1.165) is 23.1 Å². The molecule has 2 N–H and O–H groups in total. The van der Waals surface area contributed by atoms with Crippen LogP contribution >= 0.6 is 11.6 Å². The standard InChI is InChI=1S/C25H14ClF2NO5/c26-14-4-7-19-13(8-14)10-20(34-19)23(31)21-22(12-2-1-3-16(30)9-12)29(25(33)24(21)32)15-5-6-17(27)18(28)11-15/h1-11,22,30,32H. The van der Waals surface area contributed by atoms with Crippen LogP contribution in [-0.4, -0.2) is 21.9 Å². The zero-order valence-electron chi connectivity index (χ0n) is 17.1. The molecule has 1 unspecified atom stereocenters. The molecule has 0 bridgehead atoms.